The number of halogens is 1. The highest BCUT2D eigenvalue weighted by Gasteiger charge is 2.30. The van der Waals surface area contributed by atoms with Gasteiger partial charge < -0.3 is 5.73 Å². The van der Waals surface area contributed by atoms with Crippen molar-refractivity contribution in [2.75, 3.05) is 5.73 Å². The number of amides is 2. The average Bonchev–Trinajstić information content (AvgIpc) is 2.39. The van der Waals surface area contributed by atoms with Crippen molar-refractivity contribution in [1.82, 2.24) is 14.9 Å². The van der Waals surface area contributed by atoms with Gasteiger partial charge in [-0.1, -0.05) is 15.9 Å². The highest BCUT2D eigenvalue weighted by molar-refractivity contribution is 9.10. The molecule has 1 aliphatic heterocycles. The number of carbonyl (C=O) groups is 2. The Morgan fingerprint density at radius 3 is 2.77 bits per heavy atom. The molecule has 2 aromatic rings. The van der Waals surface area contributed by atoms with Crippen LogP contribution in [0, 0.1) is 6.92 Å². The van der Waals surface area contributed by atoms with E-state index in [-0.39, 0.29) is 29.7 Å². The number of nitrogen functional groups attached to an aromatic ring is 1. The highest BCUT2D eigenvalue weighted by atomic mass is 79.9. The van der Waals surface area contributed by atoms with Gasteiger partial charge in [0, 0.05) is 16.6 Å². The molecule has 3 N–H and O–H groups in total. The molecule has 0 unspecified atom stereocenters. The quantitative estimate of drug-likeness (QED) is 0.580. The number of nitrogens with two attached hydrogens (primary N) is 1. The van der Waals surface area contributed by atoms with Gasteiger partial charge in [-0.05, 0) is 25.5 Å². The number of aromatic nitrogens is 2. The number of benzene rings is 1. The molecule has 1 atom stereocenters. The second kappa shape index (κ2) is 5.20. The predicted molar refractivity (Wildman–Crippen MR) is 84.3 cm³/mol. The maximum absolute atomic E-state index is 12.8. The summed E-state index contributed by atoms with van der Waals surface area (Å²) in [6.45, 7) is 1.65. The molecule has 1 fully saturated rings. The summed E-state index contributed by atoms with van der Waals surface area (Å²) >= 11 is 3.31. The van der Waals surface area contributed by atoms with Crippen LogP contribution in [0.2, 0.25) is 0 Å². The van der Waals surface area contributed by atoms with E-state index in [2.05, 4.69) is 26.2 Å². The zero-order valence-electron chi connectivity index (χ0n) is 11.7. The number of aryl methyl sites for hydroxylation is 1. The van der Waals surface area contributed by atoms with E-state index in [0.29, 0.717) is 17.0 Å². The molecule has 0 spiro atoms. The summed E-state index contributed by atoms with van der Waals surface area (Å²) in [5, 5.41) is 2.53. The van der Waals surface area contributed by atoms with Gasteiger partial charge in [0.1, 0.15) is 11.9 Å². The molecule has 0 aliphatic carbocycles. The van der Waals surface area contributed by atoms with E-state index in [1.807, 2.05) is 0 Å². The third kappa shape index (κ3) is 2.29. The Kier molecular flexibility index (Phi) is 3.48. The van der Waals surface area contributed by atoms with Gasteiger partial charge in [-0.3, -0.25) is 24.3 Å². The van der Waals surface area contributed by atoms with Gasteiger partial charge in [-0.2, -0.15) is 0 Å². The van der Waals surface area contributed by atoms with Crippen molar-refractivity contribution in [2.24, 2.45) is 0 Å². The Hall–Kier alpha value is -2.22. The van der Waals surface area contributed by atoms with Gasteiger partial charge in [0.2, 0.25) is 11.8 Å². The molecule has 0 radical (unpaired) electrons. The zero-order valence-corrected chi connectivity index (χ0v) is 13.3. The fourth-order valence-corrected chi connectivity index (χ4v) is 3.19. The van der Waals surface area contributed by atoms with Crippen molar-refractivity contribution < 1.29 is 9.59 Å². The van der Waals surface area contributed by atoms with Crippen molar-refractivity contribution in [2.45, 2.75) is 25.8 Å². The molecule has 22 heavy (non-hydrogen) atoms. The second-order valence-corrected chi connectivity index (χ2v) is 6.11. The standard InChI is InChI=1S/C14H13BrN4O3/c1-6-17-9-5-7(15)4-8(16)12(9)14(22)19(6)10-2-3-11(20)18-13(10)21/h4-5,10H,2-3,16H2,1H3,(H,18,20,21)/t10-/m0/s1. The van der Waals surface area contributed by atoms with Crippen LogP contribution in [0.25, 0.3) is 10.9 Å². The Morgan fingerprint density at radius 2 is 2.09 bits per heavy atom. The number of rotatable bonds is 1. The molecule has 2 amide bonds. The molecule has 0 saturated carbocycles. The Bertz CT molecular complexity index is 874. The van der Waals surface area contributed by atoms with Crippen LogP contribution in [0.3, 0.4) is 0 Å². The van der Waals surface area contributed by atoms with Crippen molar-refractivity contribution in [1.29, 1.82) is 0 Å². The van der Waals surface area contributed by atoms with Crippen LogP contribution < -0.4 is 16.6 Å². The summed E-state index contributed by atoms with van der Waals surface area (Å²) in [7, 11) is 0. The Morgan fingerprint density at radius 1 is 1.36 bits per heavy atom. The lowest BCUT2D eigenvalue weighted by molar-refractivity contribution is -0.135. The van der Waals surface area contributed by atoms with Crippen molar-refractivity contribution in [3.8, 4) is 0 Å². The highest BCUT2D eigenvalue weighted by Crippen LogP contribution is 2.25. The van der Waals surface area contributed by atoms with Crippen LogP contribution in [-0.4, -0.2) is 21.4 Å². The molecule has 7 nitrogen and oxygen atoms in total. The van der Waals surface area contributed by atoms with E-state index in [9.17, 15) is 14.4 Å². The molecule has 1 saturated heterocycles. The predicted octanol–water partition coefficient (Wildman–Crippen LogP) is 1.03. The van der Waals surface area contributed by atoms with Gasteiger partial charge in [0.15, 0.2) is 0 Å². The lowest BCUT2D eigenvalue weighted by Crippen LogP contribution is -2.45. The maximum atomic E-state index is 12.8. The minimum Gasteiger partial charge on any atom is -0.398 e. The number of piperidine rings is 1. The van der Waals surface area contributed by atoms with E-state index in [4.69, 9.17) is 5.73 Å². The number of nitrogens with one attached hydrogen (secondary N) is 1. The van der Waals surface area contributed by atoms with Crippen molar-refractivity contribution >= 4 is 44.3 Å². The van der Waals surface area contributed by atoms with Gasteiger partial charge in [-0.15, -0.1) is 0 Å². The molecule has 0 bridgehead atoms. The largest absolute Gasteiger partial charge is 0.398 e. The third-order valence-electron chi connectivity index (χ3n) is 3.70. The SMILES string of the molecule is Cc1nc2cc(Br)cc(N)c2c(=O)n1[C@H]1CCC(=O)NC1=O. The number of hydrogen-bond donors (Lipinski definition) is 2. The van der Waals surface area contributed by atoms with Gasteiger partial charge >= 0.3 is 0 Å². The van der Waals surface area contributed by atoms with Crippen molar-refractivity contribution in [3.05, 3.63) is 32.8 Å². The first-order valence-electron chi connectivity index (χ1n) is 6.70. The fraction of sp³-hybridized carbons (Fsp3) is 0.286. The van der Waals surface area contributed by atoms with Crippen LogP contribution in [0.5, 0.6) is 0 Å². The molecule has 1 aliphatic rings. The topological polar surface area (TPSA) is 107 Å². The van der Waals surface area contributed by atoms with E-state index in [0.717, 1.165) is 4.47 Å². The van der Waals surface area contributed by atoms with E-state index < -0.39 is 11.9 Å². The molecule has 8 heteroatoms. The molecule has 2 heterocycles. The number of fused-ring (bicyclic) bond motifs is 1. The average molecular weight is 365 g/mol. The van der Waals surface area contributed by atoms with Crippen LogP contribution >= 0.6 is 15.9 Å². The Balaban J connectivity index is 2.25. The summed E-state index contributed by atoms with van der Waals surface area (Å²) in [6, 6.07) is 2.58. The minimum absolute atomic E-state index is 0.191. The maximum Gasteiger partial charge on any atom is 0.264 e. The zero-order chi connectivity index (χ0) is 16.0. The first-order valence-corrected chi connectivity index (χ1v) is 7.49. The summed E-state index contributed by atoms with van der Waals surface area (Å²) < 4.78 is 2.04. The lowest BCUT2D eigenvalue weighted by atomic mass is 10.1. The van der Waals surface area contributed by atoms with Crippen molar-refractivity contribution in [3.63, 3.8) is 0 Å². The van der Waals surface area contributed by atoms with Gasteiger partial charge in [-0.25, -0.2) is 4.98 Å². The van der Waals surface area contributed by atoms with E-state index in [1.165, 1.54) is 4.57 Å². The summed E-state index contributed by atoms with van der Waals surface area (Å²) in [5.41, 5.74) is 6.32. The van der Waals surface area contributed by atoms with Crippen LogP contribution in [-0.2, 0) is 9.59 Å². The molecule has 114 valence electrons. The third-order valence-corrected chi connectivity index (χ3v) is 4.16. The normalized spacial score (nSPS) is 18.5. The number of hydrogen-bond acceptors (Lipinski definition) is 5. The number of anilines is 1. The summed E-state index contributed by atoms with van der Waals surface area (Å²) in [6.07, 6.45) is 0.463. The van der Waals surface area contributed by atoms with Crippen LogP contribution in [0.1, 0.15) is 24.7 Å². The number of carbonyl (C=O) groups excluding carboxylic acids is 2. The van der Waals surface area contributed by atoms with Crippen LogP contribution in [0.15, 0.2) is 21.4 Å². The molecular formula is C14H13BrN4O3. The fourth-order valence-electron chi connectivity index (χ4n) is 2.73. The molecule has 1 aromatic carbocycles. The first-order chi connectivity index (χ1) is 10.4. The smallest absolute Gasteiger partial charge is 0.264 e. The molecular weight excluding hydrogens is 352 g/mol. The monoisotopic (exact) mass is 364 g/mol. The molecule has 3 rings (SSSR count). The van der Waals surface area contributed by atoms with Crippen LogP contribution in [0.4, 0.5) is 5.69 Å². The van der Waals surface area contributed by atoms with Gasteiger partial charge in [0.05, 0.1) is 10.9 Å². The summed E-state index contributed by atoms with van der Waals surface area (Å²) in [4.78, 5) is 40.4. The van der Waals surface area contributed by atoms with E-state index in [1.54, 1.807) is 19.1 Å². The first kappa shape index (κ1) is 14.7. The second-order valence-electron chi connectivity index (χ2n) is 5.19. The lowest BCUT2D eigenvalue weighted by Gasteiger charge is -2.24. The summed E-state index contributed by atoms with van der Waals surface area (Å²) in [5.74, 6) is -0.410. The number of nitrogens with zero attached hydrogens (tertiary/aromatic N) is 2. The van der Waals surface area contributed by atoms with Gasteiger partial charge in [0.25, 0.3) is 5.56 Å². The Labute approximate surface area is 133 Å². The molecule has 1 aromatic heterocycles. The van der Waals surface area contributed by atoms with E-state index >= 15 is 0 Å². The minimum atomic E-state index is -0.745. The number of imide groups is 1.